The molecule has 1 aliphatic carbocycles. The van der Waals surface area contributed by atoms with Gasteiger partial charge in [-0.1, -0.05) is 12.1 Å². The van der Waals surface area contributed by atoms with E-state index in [1.165, 1.54) is 24.0 Å². The van der Waals surface area contributed by atoms with Crippen molar-refractivity contribution < 1.29 is 4.79 Å². The molecule has 1 saturated heterocycles. The Morgan fingerprint density at radius 1 is 1.16 bits per heavy atom. The molecule has 4 nitrogen and oxygen atoms in total. The fourth-order valence-electron chi connectivity index (χ4n) is 3.85. The van der Waals surface area contributed by atoms with Gasteiger partial charge in [0, 0.05) is 37.6 Å². The SMILES string of the molecule is Cl.O=C(c1ccc2c(c1)CCCC2)N1CCNCC1c1cccnc1. The van der Waals surface area contributed by atoms with Crippen molar-refractivity contribution in [1.82, 2.24) is 15.2 Å². The first-order valence-electron chi connectivity index (χ1n) is 8.86. The molecule has 25 heavy (non-hydrogen) atoms. The van der Waals surface area contributed by atoms with E-state index in [-0.39, 0.29) is 24.4 Å². The lowest BCUT2D eigenvalue weighted by molar-refractivity contribution is 0.0634. The summed E-state index contributed by atoms with van der Waals surface area (Å²) >= 11 is 0. The van der Waals surface area contributed by atoms with Gasteiger partial charge in [0.1, 0.15) is 0 Å². The van der Waals surface area contributed by atoms with Crippen LogP contribution >= 0.6 is 12.4 Å². The lowest BCUT2D eigenvalue weighted by atomic mass is 9.90. The first kappa shape index (κ1) is 17.9. The molecule has 1 atom stereocenters. The molecule has 0 saturated carbocycles. The highest BCUT2D eigenvalue weighted by Crippen LogP contribution is 2.26. The highest BCUT2D eigenvalue weighted by molar-refractivity contribution is 5.95. The fourth-order valence-corrected chi connectivity index (χ4v) is 3.85. The number of pyridine rings is 1. The number of carbonyl (C=O) groups is 1. The monoisotopic (exact) mass is 357 g/mol. The first-order valence-corrected chi connectivity index (χ1v) is 8.86. The standard InChI is InChI=1S/C20H23N3O.ClH/c24-20(17-8-7-15-4-1-2-5-16(15)12-17)23-11-10-22-14-19(23)18-6-3-9-21-13-18;/h3,6-9,12-13,19,22H,1-2,4-5,10-11,14H2;1H. The molecule has 2 heterocycles. The van der Waals surface area contributed by atoms with Crippen molar-refractivity contribution in [2.24, 2.45) is 0 Å². The molecule has 2 aromatic rings. The van der Waals surface area contributed by atoms with E-state index in [1.54, 1.807) is 6.20 Å². The molecule has 1 aromatic carbocycles. The van der Waals surface area contributed by atoms with Crippen LogP contribution in [-0.4, -0.2) is 35.4 Å². The third kappa shape index (κ3) is 3.70. The topological polar surface area (TPSA) is 45.2 Å². The van der Waals surface area contributed by atoms with Gasteiger partial charge in [-0.25, -0.2) is 0 Å². The predicted octanol–water partition coefficient (Wildman–Crippen LogP) is 3.17. The third-order valence-electron chi connectivity index (χ3n) is 5.17. The van der Waals surface area contributed by atoms with Crippen LogP contribution in [0.15, 0.2) is 42.7 Å². The predicted molar refractivity (Wildman–Crippen MR) is 101 cm³/mol. The van der Waals surface area contributed by atoms with Gasteiger partial charge in [-0.15, -0.1) is 12.4 Å². The molecule has 0 spiro atoms. The summed E-state index contributed by atoms with van der Waals surface area (Å²) in [5.74, 6) is 0.138. The number of benzene rings is 1. The van der Waals surface area contributed by atoms with Crippen LogP contribution in [0.5, 0.6) is 0 Å². The molecule has 0 bridgehead atoms. The summed E-state index contributed by atoms with van der Waals surface area (Å²) in [6, 6.07) is 10.3. The number of amides is 1. The van der Waals surface area contributed by atoms with E-state index >= 15 is 0 Å². The second-order valence-corrected chi connectivity index (χ2v) is 6.70. The zero-order valence-electron chi connectivity index (χ0n) is 14.3. The number of nitrogens with one attached hydrogen (secondary N) is 1. The molecule has 1 N–H and O–H groups in total. The number of nitrogens with zero attached hydrogens (tertiary/aromatic N) is 2. The second kappa shape index (κ2) is 7.98. The molecule has 1 aromatic heterocycles. The van der Waals surface area contributed by atoms with Crippen molar-refractivity contribution in [3.8, 4) is 0 Å². The average Bonchev–Trinajstić information content (AvgIpc) is 2.68. The van der Waals surface area contributed by atoms with Gasteiger partial charge in [-0.3, -0.25) is 9.78 Å². The quantitative estimate of drug-likeness (QED) is 0.897. The Kier molecular flexibility index (Phi) is 5.71. The number of piperazine rings is 1. The summed E-state index contributed by atoms with van der Waals surface area (Å²) in [4.78, 5) is 19.4. The average molecular weight is 358 g/mol. The maximum atomic E-state index is 13.1. The normalized spacial score (nSPS) is 19.7. The Balaban J connectivity index is 0.00000182. The maximum Gasteiger partial charge on any atom is 0.254 e. The van der Waals surface area contributed by atoms with E-state index < -0.39 is 0 Å². The van der Waals surface area contributed by atoms with Crippen LogP contribution in [-0.2, 0) is 12.8 Å². The van der Waals surface area contributed by atoms with Crippen LogP contribution in [0.25, 0.3) is 0 Å². The van der Waals surface area contributed by atoms with E-state index in [1.807, 2.05) is 23.2 Å². The molecular weight excluding hydrogens is 334 g/mol. The molecule has 1 fully saturated rings. The van der Waals surface area contributed by atoms with Gasteiger partial charge < -0.3 is 10.2 Å². The van der Waals surface area contributed by atoms with Crippen LogP contribution in [0.1, 0.15) is 45.9 Å². The minimum absolute atomic E-state index is 0. The summed E-state index contributed by atoms with van der Waals surface area (Å²) in [5.41, 5.74) is 4.70. The molecule has 2 aliphatic rings. The lowest BCUT2D eigenvalue weighted by Gasteiger charge is -2.36. The minimum Gasteiger partial charge on any atom is -0.329 e. The fraction of sp³-hybridized carbons (Fsp3) is 0.400. The van der Waals surface area contributed by atoms with Crippen molar-refractivity contribution in [2.45, 2.75) is 31.7 Å². The Labute approximate surface area is 155 Å². The van der Waals surface area contributed by atoms with E-state index in [0.717, 1.165) is 43.6 Å². The number of fused-ring (bicyclic) bond motifs is 1. The number of aryl methyl sites for hydroxylation is 2. The van der Waals surface area contributed by atoms with Gasteiger partial charge in [0.05, 0.1) is 6.04 Å². The number of hydrogen-bond donors (Lipinski definition) is 1. The Morgan fingerprint density at radius 2 is 2.00 bits per heavy atom. The number of carbonyl (C=O) groups excluding carboxylic acids is 1. The minimum atomic E-state index is 0. The third-order valence-corrected chi connectivity index (χ3v) is 5.17. The molecule has 1 amide bonds. The van der Waals surface area contributed by atoms with Crippen molar-refractivity contribution in [3.05, 3.63) is 65.0 Å². The first-order chi connectivity index (χ1) is 11.8. The summed E-state index contributed by atoms with van der Waals surface area (Å²) in [7, 11) is 0. The molecule has 0 radical (unpaired) electrons. The Hall–Kier alpha value is -1.91. The molecule has 4 rings (SSSR count). The smallest absolute Gasteiger partial charge is 0.254 e. The van der Waals surface area contributed by atoms with Crippen LogP contribution < -0.4 is 5.32 Å². The van der Waals surface area contributed by atoms with E-state index in [9.17, 15) is 4.79 Å². The number of rotatable bonds is 2. The molecule has 5 heteroatoms. The molecule has 1 unspecified atom stereocenters. The van der Waals surface area contributed by atoms with E-state index in [0.29, 0.717) is 0 Å². The molecule has 132 valence electrons. The van der Waals surface area contributed by atoms with Crippen molar-refractivity contribution in [1.29, 1.82) is 0 Å². The van der Waals surface area contributed by atoms with Crippen LogP contribution in [0.3, 0.4) is 0 Å². The largest absolute Gasteiger partial charge is 0.329 e. The van der Waals surface area contributed by atoms with Crippen molar-refractivity contribution >= 4 is 18.3 Å². The zero-order valence-corrected chi connectivity index (χ0v) is 15.1. The zero-order chi connectivity index (χ0) is 16.4. The van der Waals surface area contributed by atoms with Gasteiger partial charge in [0.2, 0.25) is 0 Å². The molecule has 1 aliphatic heterocycles. The maximum absolute atomic E-state index is 13.1. The van der Waals surface area contributed by atoms with Gasteiger partial charge in [0.25, 0.3) is 5.91 Å². The van der Waals surface area contributed by atoms with Crippen LogP contribution in [0.4, 0.5) is 0 Å². The summed E-state index contributed by atoms with van der Waals surface area (Å²) in [5, 5.41) is 3.40. The van der Waals surface area contributed by atoms with Gasteiger partial charge in [0.15, 0.2) is 0 Å². The Bertz CT molecular complexity index is 735. The summed E-state index contributed by atoms with van der Waals surface area (Å²) < 4.78 is 0. The van der Waals surface area contributed by atoms with Gasteiger partial charge in [-0.2, -0.15) is 0 Å². The van der Waals surface area contributed by atoms with Gasteiger partial charge in [-0.05, 0) is 60.6 Å². The number of aromatic nitrogens is 1. The lowest BCUT2D eigenvalue weighted by Crippen LogP contribution is -2.48. The number of hydrogen-bond acceptors (Lipinski definition) is 3. The van der Waals surface area contributed by atoms with E-state index in [4.69, 9.17) is 0 Å². The van der Waals surface area contributed by atoms with Gasteiger partial charge >= 0.3 is 0 Å². The Morgan fingerprint density at radius 3 is 2.80 bits per heavy atom. The highest BCUT2D eigenvalue weighted by Gasteiger charge is 2.29. The summed E-state index contributed by atoms with van der Waals surface area (Å²) in [6.07, 6.45) is 8.39. The molecular formula is C20H24ClN3O. The summed E-state index contributed by atoms with van der Waals surface area (Å²) in [6.45, 7) is 2.35. The highest BCUT2D eigenvalue weighted by atomic mass is 35.5. The van der Waals surface area contributed by atoms with Crippen LogP contribution in [0.2, 0.25) is 0 Å². The van der Waals surface area contributed by atoms with Crippen molar-refractivity contribution in [3.63, 3.8) is 0 Å². The number of halogens is 1. The van der Waals surface area contributed by atoms with E-state index in [2.05, 4.69) is 28.5 Å². The second-order valence-electron chi connectivity index (χ2n) is 6.70. The van der Waals surface area contributed by atoms with Crippen LogP contribution in [0, 0.1) is 0 Å². The van der Waals surface area contributed by atoms with Crippen molar-refractivity contribution in [2.75, 3.05) is 19.6 Å².